The molecular formula is C9H18N2O2. The molecular weight excluding hydrogens is 168 g/mol. The Morgan fingerprint density at radius 2 is 2.46 bits per heavy atom. The summed E-state index contributed by atoms with van der Waals surface area (Å²) in [5.41, 5.74) is 2.43. The topological polar surface area (TPSA) is 50.4 Å². The molecule has 76 valence electrons. The maximum absolute atomic E-state index is 11.5. The summed E-state index contributed by atoms with van der Waals surface area (Å²) in [5, 5.41) is 3.19. The average Bonchev–Trinajstić information content (AvgIpc) is 2.15. The van der Waals surface area contributed by atoms with Gasteiger partial charge in [0.05, 0.1) is 12.6 Å². The minimum absolute atomic E-state index is 0.0472. The Morgan fingerprint density at radius 3 is 3.08 bits per heavy atom. The van der Waals surface area contributed by atoms with Crippen molar-refractivity contribution in [3.63, 3.8) is 0 Å². The molecule has 1 aliphatic rings. The Bertz CT molecular complexity index is 173. The number of rotatable bonds is 3. The van der Waals surface area contributed by atoms with Crippen LogP contribution in [0.1, 0.15) is 26.7 Å². The van der Waals surface area contributed by atoms with Crippen LogP contribution in [0.5, 0.6) is 0 Å². The molecule has 0 spiro atoms. The van der Waals surface area contributed by atoms with E-state index in [-0.39, 0.29) is 11.9 Å². The molecule has 0 bridgehead atoms. The molecule has 1 rings (SSSR count). The molecule has 0 radical (unpaired) electrons. The highest BCUT2D eigenvalue weighted by molar-refractivity contribution is 5.81. The third-order valence-corrected chi connectivity index (χ3v) is 2.37. The normalized spacial score (nSPS) is 28.5. The standard InChI is InChI=1S/C9H18N2O2/c1-3-13-11-9(12)8-7(2)5-4-6-10-8/h7-8,10H,3-6H2,1-2H3,(H,11,12). The molecule has 0 aromatic rings. The molecule has 0 aromatic carbocycles. The number of hydroxylamine groups is 1. The fourth-order valence-electron chi connectivity index (χ4n) is 1.61. The summed E-state index contributed by atoms with van der Waals surface area (Å²) in [7, 11) is 0. The molecule has 2 atom stereocenters. The van der Waals surface area contributed by atoms with Gasteiger partial charge >= 0.3 is 0 Å². The van der Waals surface area contributed by atoms with Crippen LogP contribution in [0.4, 0.5) is 0 Å². The van der Waals surface area contributed by atoms with Crippen LogP contribution in [0.15, 0.2) is 0 Å². The van der Waals surface area contributed by atoms with Crippen LogP contribution in [0.2, 0.25) is 0 Å². The van der Waals surface area contributed by atoms with E-state index >= 15 is 0 Å². The van der Waals surface area contributed by atoms with E-state index in [1.54, 1.807) is 0 Å². The Hall–Kier alpha value is -0.610. The van der Waals surface area contributed by atoms with Crippen molar-refractivity contribution < 1.29 is 9.63 Å². The highest BCUT2D eigenvalue weighted by Crippen LogP contribution is 2.15. The van der Waals surface area contributed by atoms with Gasteiger partial charge in [0.15, 0.2) is 0 Å². The second-order valence-electron chi connectivity index (χ2n) is 3.45. The molecule has 4 heteroatoms. The zero-order valence-electron chi connectivity index (χ0n) is 8.30. The lowest BCUT2D eigenvalue weighted by atomic mass is 9.92. The van der Waals surface area contributed by atoms with Crippen LogP contribution in [-0.2, 0) is 9.63 Å². The van der Waals surface area contributed by atoms with Gasteiger partial charge < -0.3 is 5.32 Å². The second kappa shape index (κ2) is 5.19. The Balaban J connectivity index is 2.35. The monoisotopic (exact) mass is 186 g/mol. The van der Waals surface area contributed by atoms with Crippen molar-refractivity contribution in [3.8, 4) is 0 Å². The van der Waals surface area contributed by atoms with Crippen LogP contribution in [-0.4, -0.2) is 25.1 Å². The summed E-state index contributed by atoms with van der Waals surface area (Å²) in [6.07, 6.45) is 2.26. The molecule has 0 aromatic heterocycles. The van der Waals surface area contributed by atoms with Crippen molar-refractivity contribution in [2.45, 2.75) is 32.7 Å². The first-order valence-corrected chi connectivity index (χ1v) is 4.90. The van der Waals surface area contributed by atoms with Crippen LogP contribution in [0, 0.1) is 5.92 Å². The molecule has 2 N–H and O–H groups in total. The van der Waals surface area contributed by atoms with Crippen LogP contribution < -0.4 is 10.8 Å². The van der Waals surface area contributed by atoms with E-state index < -0.39 is 0 Å². The lowest BCUT2D eigenvalue weighted by Crippen LogP contribution is -2.50. The first kappa shape index (κ1) is 10.5. The number of carbonyl (C=O) groups excluding carboxylic acids is 1. The average molecular weight is 186 g/mol. The van der Waals surface area contributed by atoms with Gasteiger partial charge in [0.1, 0.15) is 0 Å². The number of hydrogen-bond acceptors (Lipinski definition) is 3. The number of hydrogen-bond donors (Lipinski definition) is 2. The molecule has 1 aliphatic heterocycles. The molecule has 1 heterocycles. The van der Waals surface area contributed by atoms with E-state index in [2.05, 4.69) is 17.7 Å². The molecule has 0 aliphatic carbocycles. The molecule has 4 nitrogen and oxygen atoms in total. The lowest BCUT2D eigenvalue weighted by molar-refractivity contribution is -0.137. The fourth-order valence-corrected chi connectivity index (χ4v) is 1.61. The van der Waals surface area contributed by atoms with Gasteiger partial charge in [0, 0.05) is 0 Å². The van der Waals surface area contributed by atoms with Crippen LogP contribution in [0.3, 0.4) is 0 Å². The smallest absolute Gasteiger partial charge is 0.260 e. The molecule has 1 fully saturated rings. The van der Waals surface area contributed by atoms with E-state index in [0.29, 0.717) is 12.5 Å². The van der Waals surface area contributed by atoms with Crippen molar-refractivity contribution in [3.05, 3.63) is 0 Å². The van der Waals surface area contributed by atoms with Gasteiger partial charge in [-0.3, -0.25) is 9.63 Å². The van der Waals surface area contributed by atoms with E-state index in [4.69, 9.17) is 4.84 Å². The van der Waals surface area contributed by atoms with E-state index in [9.17, 15) is 4.79 Å². The summed E-state index contributed by atoms with van der Waals surface area (Å²) in [6.45, 7) is 5.36. The Labute approximate surface area is 79.0 Å². The zero-order chi connectivity index (χ0) is 9.68. The summed E-state index contributed by atoms with van der Waals surface area (Å²) >= 11 is 0. The predicted octanol–water partition coefficient (Wildman–Crippen LogP) is 0.442. The zero-order valence-corrected chi connectivity index (χ0v) is 8.30. The lowest BCUT2D eigenvalue weighted by Gasteiger charge is -2.28. The van der Waals surface area contributed by atoms with Gasteiger partial charge in [-0.2, -0.15) is 0 Å². The number of carbonyl (C=O) groups is 1. The Kier molecular flexibility index (Phi) is 4.18. The highest BCUT2D eigenvalue weighted by Gasteiger charge is 2.27. The first-order valence-electron chi connectivity index (χ1n) is 4.90. The van der Waals surface area contributed by atoms with Gasteiger partial charge in [0.2, 0.25) is 0 Å². The number of amides is 1. The van der Waals surface area contributed by atoms with Crippen molar-refractivity contribution >= 4 is 5.91 Å². The van der Waals surface area contributed by atoms with Crippen molar-refractivity contribution in [2.24, 2.45) is 5.92 Å². The van der Waals surface area contributed by atoms with Crippen LogP contribution >= 0.6 is 0 Å². The molecule has 1 saturated heterocycles. The summed E-state index contributed by atoms with van der Waals surface area (Å²) in [4.78, 5) is 16.3. The fraction of sp³-hybridized carbons (Fsp3) is 0.889. The van der Waals surface area contributed by atoms with Gasteiger partial charge in [0.25, 0.3) is 5.91 Å². The van der Waals surface area contributed by atoms with Crippen molar-refractivity contribution in [1.29, 1.82) is 0 Å². The first-order chi connectivity index (χ1) is 6.25. The van der Waals surface area contributed by atoms with Crippen molar-refractivity contribution in [1.82, 2.24) is 10.8 Å². The van der Waals surface area contributed by atoms with E-state index in [1.807, 2.05) is 6.92 Å². The molecule has 0 saturated carbocycles. The summed E-state index contributed by atoms with van der Waals surface area (Å²) in [5.74, 6) is 0.350. The largest absolute Gasteiger partial charge is 0.306 e. The quantitative estimate of drug-likeness (QED) is 0.629. The minimum Gasteiger partial charge on any atom is -0.306 e. The van der Waals surface area contributed by atoms with E-state index in [1.165, 1.54) is 0 Å². The third-order valence-electron chi connectivity index (χ3n) is 2.37. The highest BCUT2D eigenvalue weighted by atomic mass is 16.6. The van der Waals surface area contributed by atoms with Crippen LogP contribution in [0.25, 0.3) is 0 Å². The van der Waals surface area contributed by atoms with E-state index in [0.717, 1.165) is 19.4 Å². The number of piperidine rings is 1. The summed E-state index contributed by atoms with van der Waals surface area (Å²) < 4.78 is 0. The number of nitrogens with one attached hydrogen (secondary N) is 2. The predicted molar refractivity (Wildman–Crippen MR) is 50.0 cm³/mol. The van der Waals surface area contributed by atoms with Gasteiger partial charge in [-0.1, -0.05) is 6.92 Å². The maximum Gasteiger partial charge on any atom is 0.260 e. The minimum atomic E-state index is -0.0831. The molecule has 13 heavy (non-hydrogen) atoms. The molecule has 1 amide bonds. The summed E-state index contributed by atoms with van der Waals surface area (Å²) in [6, 6.07) is -0.0831. The van der Waals surface area contributed by atoms with Gasteiger partial charge in [-0.25, -0.2) is 5.48 Å². The van der Waals surface area contributed by atoms with Crippen molar-refractivity contribution in [2.75, 3.05) is 13.2 Å². The third kappa shape index (κ3) is 2.97. The Morgan fingerprint density at radius 1 is 1.69 bits per heavy atom. The second-order valence-corrected chi connectivity index (χ2v) is 3.45. The maximum atomic E-state index is 11.5. The molecule has 2 unspecified atom stereocenters. The van der Waals surface area contributed by atoms with Gasteiger partial charge in [-0.15, -0.1) is 0 Å². The van der Waals surface area contributed by atoms with Gasteiger partial charge in [-0.05, 0) is 32.2 Å². The SMILES string of the molecule is CCONC(=O)C1NCCCC1C.